The zero-order valence-corrected chi connectivity index (χ0v) is 10.5. The van der Waals surface area contributed by atoms with E-state index in [-0.39, 0.29) is 19.3 Å². The molecule has 0 bridgehead atoms. The van der Waals surface area contributed by atoms with Crippen molar-refractivity contribution in [2.24, 2.45) is 0 Å². The highest BCUT2D eigenvalue weighted by Crippen LogP contribution is 2.18. The SMILES string of the molecule is Cc1ccc(C(C)NC(=O)OCCO)c(C)c1. The van der Waals surface area contributed by atoms with Crippen LogP contribution >= 0.6 is 0 Å². The van der Waals surface area contributed by atoms with E-state index < -0.39 is 6.09 Å². The molecule has 0 aliphatic heterocycles. The number of nitrogens with one attached hydrogen (secondary N) is 1. The molecule has 1 atom stereocenters. The summed E-state index contributed by atoms with van der Waals surface area (Å²) in [6.07, 6.45) is -0.508. The number of amides is 1. The molecule has 0 aliphatic carbocycles. The Kier molecular flexibility index (Phi) is 4.97. The quantitative estimate of drug-likeness (QED) is 0.843. The summed E-state index contributed by atoms with van der Waals surface area (Å²) in [5, 5.41) is 11.3. The number of carbonyl (C=O) groups is 1. The highest BCUT2D eigenvalue weighted by molar-refractivity contribution is 5.67. The molecule has 0 aromatic heterocycles. The average Bonchev–Trinajstić information content (AvgIpc) is 2.26. The summed E-state index contributed by atoms with van der Waals surface area (Å²) in [5.41, 5.74) is 3.40. The van der Waals surface area contributed by atoms with Crippen molar-refractivity contribution in [3.63, 3.8) is 0 Å². The van der Waals surface area contributed by atoms with E-state index in [2.05, 4.69) is 11.4 Å². The summed E-state index contributed by atoms with van der Waals surface area (Å²) in [6, 6.07) is 5.98. The average molecular weight is 237 g/mol. The third kappa shape index (κ3) is 4.07. The van der Waals surface area contributed by atoms with Crippen molar-refractivity contribution in [1.82, 2.24) is 5.32 Å². The van der Waals surface area contributed by atoms with Crippen molar-refractivity contribution in [3.05, 3.63) is 34.9 Å². The normalized spacial score (nSPS) is 12.0. The Labute approximate surface area is 102 Å². The van der Waals surface area contributed by atoms with Gasteiger partial charge in [0, 0.05) is 0 Å². The van der Waals surface area contributed by atoms with Gasteiger partial charge in [0.25, 0.3) is 0 Å². The first-order valence-corrected chi connectivity index (χ1v) is 5.66. The second-order valence-corrected chi connectivity index (χ2v) is 4.09. The van der Waals surface area contributed by atoms with Crippen molar-refractivity contribution in [1.29, 1.82) is 0 Å². The van der Waals surface area contributed by atoms with Gasteiger partial charge in [-0.1, -0.05) is 23.8 Å². The molecule has 0 radical (unpaired) electrons. The van der Waals surface area contributed by atoms with Gasteiger partial charge in [-0.3, -0.25) is 0 Å². The van der Waals surface area contributed by atoms with Gasteiger partial charge in [0.15, 0.2) is 0 Å². The first-order chi connectivity index (χ1) is 8.04. The summed E-state index contributed by atoms with van der Waals surface area (Å²) in [4.78, 5) is 11.3. The van der Waals surface area contributed by atoms with Crippen LogP contribution in [-0.2, 0) is 4.74 Å². The predicted octanol–water partition coefficient (Wildman–Crippen LogP) is 2.08. The maximum Gasteiger partial charge on any atom is 0.407 e. The predicted molar refractivity (Wildman–Crippen MR) is 65.9 cm³/mol. The van der Waals surface area contributed by atoms with Crippen molar-refractivity contribution in [3.8, 4) is 0 Å². The Balaban J connectivity index is 2.63. The number of benzene rings is 1. The Hall–Kier alpha value is -1.55. The van der Waals surface area contributed by atoms with Gasteiger partial charge in [-0.15, -0.1) is 0 Å². The minimum Gasteiger partial charge on any atom is -0.447 e. The van der Waals surface area contributed by atoms with Gasteiger partial charge in [-0.25, -0.2) is 4.79 Å². The van der Waals surface area contributed by atoms with Crippen LogP contribution in [0.2, 0.25) is 0 Å². The Morgan fingerprint density at radius 3 is 2.76 bits per heavy atom. The summed E-state index contributed by atoms with van der Waals surface area (Å²) in [5.74, 6) is 0. The van der Waals surface area contributed by atoms with Crippen LogP contribution in [0.5, 0.6) is 0 Å². The molecule has 17 heavy (non-hydrogen) atoms. The number of hydrogen-bond donors (Lipinski definition) is 2. The minimum absolute atomic E-state index is 0.0193. The van der Waals surface area contributed by atoms with E-state index in [1.54, 1.807) is 0 Å². The van der Waals surface area contributed by atoms with Crippen LogP contribution in [0.25, 0.3) is 0 Å². The van der Waals surface area contributed by atoms with E-state index in [1.165, 1.54) is 5.56 Å². The number of aliphatic hydroxyl groups is 1. The largest absolute Gasteiger partial charge is 0.447 e. The number of hydrogen-bond acceptors (Lipinski definition) is 3. The lowest BCUT2D eigenvalue weighted by atomic mass is 10.0. The standard InChI is InChI=1S/C13H19NO3/c1-9-4-5-12(10(2)8-9)11(3)14-13(16)17-7-6-15/h4-5,8,11,15H,6-7H2,1-3H3,(H,14,16). The maximum absolute atomic E-state index is 11.3. The topological polar surface area (TPSA) is 58.6 Å². The lowest BCUT2D eigenvalue weighted by Crippen LogP contribution is -2.28. The third-order valence-electron chi connectivity index (χ3n) is 2.55. The number of ether oxygens (including phenoxy) is 1. The van der Waals surface area contributed by atoms with Crippen molar-refractivity contribution < 1.29 is 14.6 Å². The molecule has 0 spiro atoms. The van der Waals surface area contributed by atoms with Crippen LogP contribution < -0.4 is 5.32 Å². The van der Waals surface area contributed by atoms with Crippen LogP contribution in [0.15, 0.2) is 18.2 Å². The summed E-state index contributed by atoms with van der Waals surface area (Å²) < 4.78 is 4.75. The number of alkyl carbamates (subject to hydrolysis) is 1. The van der Waals surface area contributed by atoms with Gasteiger partial charge in [-0.05, 0) is 31.9 Å². The van der Waals surface area contributed by atoms with Gasteiger partial charge in [0.2, 0.25) is 0 Å². The van der Waals surface area contributed by atoms with Gasteiger partial charge in [-0.2, -0.15) is 0 Å². The number of rotatable bonds is 4. The molecule has 0 saturated carbocycles. The molecular formula is C13H19NO3. The highest BCUT2D eigenvalue weighted by Gasteiger charge is 2.12. The van der Waals surface area contributed by atoms with Crippen molar-refractivity contribution in [2.75, 3.05) is 13.2 Å². The molecule has 2 N–H and O–H groups in total. The van der Waals surface area contributed by atoms with E-state index in [0.717, 1.165) is 11.1 Å². The lowest BCUT2D eigenvalue weighted by Gasteiger charge is -2.16. The maximum atomic E-state index is 11.3. The molecule has 4 heteroatoms. The van der Waals surface area contributed by atoms with Gasteiger partial charge in [0.1, 0.15) is 6.61 Å². The Morgan fingerprint density at radius 2 is 2.18 bits per heavy atom. The molecule has 0 heterocycles. The van der Waals surface area contributed by atoms with Crippen molar-refractivity contribution >= 4 is 6.09 Å². The van der Waals surface area contributed by atoms with Gasteiger partial charge < -0.3 is 15.2 Å². The fourth-order valence-corrected chi connectivity index (χ4v) is 1.75. The summed E-state index contributed by atoms with van der Waals surface area (Å²) in [7, 11) is 0. The molecule has 1 amide bonds. The van der Waals surface area contributed by atoms with E-state index in [1.807, 2.05) is 32.9 Å². The molecule has 0 saturated heterocycles. The highest BCUT2D eigenvalue weighted by atomic mass is 16.6. The zero-order valence-electron chi connectivity index (χ0n) is 10.5. The first kappa shape index (κ1) is 13.5. The second kappa shape index (κ2) is 6.25. The fourth-order valence-electron chi connectivity index (χ4n) is 1.75. The van der Waals surface area contributed by atoms with E-state index in [9.17, 15) is 4.79 Å². The minimum atomic E-state index is -0.508. The molecule has 94 valence electrons. The smallest absolute Gasteiger partial charge is 0.407 e. The van der Waals surface area contributed by atoms with E-state index in [0.29, 0.717) is 0 Å². The molecule has 0 aliphatic rings. The third-order valence-corrected chi connectivity index (χ3v) is 2.55. The van der Waals surface area contributed by atoms with E-state index >= 15 is 0 Å². The lowest BCUT2D eigenvalue weighted by molar-refractivity contribution is 0.116. The molecule has 0 fully saturated rings. The molecule has 1 unspecified atom stereocenters. The zero-order chi connectivity index (χ0) is 12.8. The number of aryl methyl sites for hydroxylation is 2. The fraction of sp³-hybridized carbons (Fsp3) is 0.462. The number of carbonyl (C=O) groups excluding carboxylic acids is 1. The second-order valence-electron chi connectivity index (χ2n) is 4.09. The Morgan fingerprint density at radius 1 is 1.47 bits per heavy atom. The van der Waals surface area contributed by atoms with Crippen LogP contribution in [0.4, 0.5) is 4.79 Å². The van der Waals surface area contributed by atoms with Crippen molar-refractivity contribution in [2.45, 2.75) is 26.8 Å². The van der Waals surface area contributed by atoms with E-state index in [4.69, 9.17) is 9.84 Å². The molecule has 4 nitrogen and oxygen atoms in total. The van der Waals surface area contributed by atoms with Crippen LogP contribution in [0.3, 0.4) is 0 Å². The molecule has 1 aromatic carbocycles. The summed E-state index contributed by atoms with van der Waals surface area (Å²) in [6.45, 7) is 5.80. The molecular weight excluding hydrogens is 218 g/mol. The monoisotopic (exact) mass is 237 g/mol. The van der Waals surface area contributed by atoms with Crippen LogP contribution in [0, 0.1) is 13.8 Å². The number of aliphatic hydroxyl groups excluding tert-OH is 1. The summed E-state index contributed by atoms with van der Waals surface area (Å²) >= 11 is 0. The van der Waals surface area contributed by atoms with Crippen LogP contribution in [0.1, 0.15) is 29.7 Å². The van der Waals surface area contributed by atoms with Gasteiger partial charge in [0.05, 0.1) is 12.6 Å². The van der Waals surface area contributed by atoms with Gasteiger partial charge >= 0.3 is 6.09 Å². The first-order valence-electron chi connectivity index (χ1n) is 5.66. The molecule has 1 aromatic rings. The van der Waals surface area contributed by atoms with Crippen LogP contribution in [-0.4, -0.2) is 24.4 Å². The Bertz CT molecular complexity index is 390. The molecule has 1 rings (SSSR count).